The second-order valence-corrected chi connectivity index (χ2v) is 8.53. The number of aryl methyl sites for hydroxylation is 1. The number of carbonyl (C=O) groups excluding carboxylic acids is 1. The van der Waals surface area contributed by atoms with Gasteiger partial charge < -0.3 is 4.90 Å². The van der Waals surface area contributed by atoms with Gasteiger partial charge in [-0.15, -0.1) is 5.10 Å². The second kappa shape index (κ2) is 7.82. The van der Waals surface area contributed by atoms with Crippen LogP contribution in [0.4, 0.5) is 0 Å². The summed E-state index contributed by atoms with van der Waals surface area (Å²) in [5.74, 6) is 1.10. The normalized spacial score (nSPS) is 20.1. The summed E-state index contributed by atoms with van der Waals surface area (Å²) in [5.41, 5.74) is 4.03. The van der Waals surface area contributed by atoms with Crippen molar-refractivity contribution in [2.24, 2.45) is 11.8 Å². The summed E-state index contributed by atoms with van der Waals surface area (Å²) >= 11 is 0. The molecule has 0 saturated carbocycles. The SMILES string of the molecule is CC(C)Cc1cn(C[C@@H]2CCCN(C(=O)c3n[nH]c4c3CCCC4)C2)nn1. The van der Waals surface area contributed by atoms with Gasteiger partial charge in [-0.3, -0.25) is 14.6 Å². The average molecular weight is 371 g/mol. The Kier molecular flexibility index (Phi) is 5.27. The molecule has 146 valence electrons. The molecule has 7 heteroatoms. The smallest absolute Gasteiger partial charge is 0.274 e. The minimum Gasteiger partial charge on any atom is -0.337 e. The highest BCUT2D eigenvalue weighted by Gasteiger charge is 2.29. The van der Waals surface area contributed by atoms with E-state index in [0.29, 0.717) is 17.5 Å². The van der Waals surface area contributed by atoms with Gasteiger partial charge in [-0.25, -0.2) is 0 Å². The summed E-state index contributed by atoms with van der Waals surface area (Å²) in [6.45, 7) is 6.81. The third kappa shape index (κ3) is 4.06. The predicted molar refractivity (Wildman–Crippen MR) is 102 cm³/mol. The molecule has 1 fully saturated rings. The number of piperidine rings is 1. The van der Waals surface area contributed by atoms with Crippen LogP contribution in [0, 0.1) is 11.8 Å². The zero-order valence-corrected chi connectivity index (χ0v) is 16.4. The molecule has 1 amide bonds. The molecule has 27 heavy (non-hydrogen) atoms. The van der Waals surface area contributed by atoms with Crippen LogP contribution in [-0.4, -0.2) is 49.1 Å². The topological polar surface area (TPSA) is 79.7 Å². The summed E-state index contributed by atoms with van der Waals surface area (Å²) < 4.78 is 1.95. The Labute approximate surface area is 160 Å². The molecule has 2 aromatic heterocycles. The van der Waals surface area contributed by atoms with Crippen molar-refractivity contribution in [3.63, 3.8) is 0 Å². The van der Waals surface area contributed by atoms with Crippen LogP contribution in [0.2, 0.25) is 0 Å². The quantitative estimate of drug-likeness (QED) is 0.877. The van der Waals surface area contributed by atoms with Gasteiger partial charge in [0.2, 0.25) is 0 Å². The highest BCUT2D eigenvalue weighted by molar-refractivity contribution is 5.94. The molecule has 1 aliphatic carbocycles. The number of nitrogens with zero attached hydrogens (tertiary/aromatic N) is 5. The minimum atomic E-state index is 0.0955. The van der Waals surface area contributed by atoms with Gasteiger partial charge in [0.05, 0.1) is 5.69 Å². The molecule has 0 unspecified atom stereocenters. The number of H-pyrrole nitrogens is 1. The second-order valence-electron chi connectivity index (χ2n) is 8.53. The van der Waals surface area contributed by atoms with E-state index in [-0.39, 0.29) is 5.91 Å². The Morgan fingerprint density at radius 1 is 1.30 bits per heavy atom. The molecule has 1 saturated heterocycles. The van der Waals surface area contributed by atoms with E-state index in [1.807, 2.05) is 9.58 Å². The average Bonchev–Trinajstić information content (AvgIpc) is 3.27. The van der Waals surface area contributed by atoms with Crippen molar-refractivity contribution in [3.05, 3.63) is 28.8 Å². The Hall–Kier alpha value is -2.18. The van der Waals surface area contributed by atoms with Crippen LogP contribution >= 0.6 is 0 Å². The Balaban J connectivity index is 1.40. The zero-order valence-electron chi connectivity index (χ0n) is 16.4. The molecule has 1 N–H and O–H groups in total. The van der Waals surface area contributed by atoms with E-state index in [1.165, 1.54) is 12.1 Å². The highest BCUT2D eigenvalue weighted by atomic mass is 16.2. The molecule has 1 aliphatic heterocycles. The van der Waals surface area contributed by atoms with Gasteiger partial charge in [0, 0.05) is 37.1 Å². The van der Waals surface area contributed by atoms with Crippen molar-refractivity contribution >= 4 is 5.91 Å². The molecule has 3 heterocycles. The molecule has 0 bridgehead atoms. The fourth-order valence-electron chi connectivity index (χ4n) is 4.41. The number of carbonyl (C=O) groups is 1. The first-order valence-electron chi connectivity index (χ1n) is 10.3. The molecule has 0 spiro atoms. The first-order chi connectivity index (χ1) is 13.1. The fraction of sp³-hybridized carbons (Fsp3) is 0.700. The van der Waals surface area contributed by atoms with E-state index in [1.54, 1.807) is 0 Å². The fourth-order valence-corrected chi connectivity index (χ4v) is 4.41. The van der Waals surface area contributed by atoms with Crippen LogP contribution in [0.1, 0.15) is 67.0 Å². The summed E-state index contributed by atoms with van der Waals surface area (Å²) in [5, 5.41) is 16.0. The molecule has 0 aromatic carbocycles. The largest absolute Gasteiger partial charge is 0.337 e. The first-order valence-corrected chi connectivity index (χ1v) is 10.3. The predicted octanol–water partition coefficient (Wildman–Crippen LogP) is 2.63. The van der Waals surface area contributed by atoms with Crippen LogP contribution < -0.4 is 0 Å². The Morgan fingerprint density at radius 3 is 3.00 bits per heavy atom. The number of hydrogen-bond acceptors (Lipinski definition) is 4. The van der Waals surface area contributed by atoms with Gasteiger partial charge >= 0.3 is 0 Å². The molecule has 7 nitrogen and oxygen atoms in total. The van der Waals surface area contributed by atoms with Gasteiger partial charge in [-0.05, 0) is 56.8 Å². The van der Waals surface area contributed by atoms with Crippen LogP contribution in [0.3, 0.4) is 0 Å². The van der Waals surface area contributed by atoms with Crippen LogP contribution in [0.5, 0.6) is 0 Å². The zero-order chi connectivity index (χ0) is 18.8. The van der Waals surface area contributed by atoms with Crippen molar-refractivity contribution in [1.82, 2.24) is 30.1 Å². The lowest BCUT2D eigenvalue weighted by atomic mass is 9.94. The van der Waals surface area contributed by atoms with E-state index in [0.717, 1.165) is 69.4 Å². The van der Waals surface area contributed by atoms with Crippen molar-refractivity contribution in [2.45, 2.75) is 65.3 Å². The van der Waals surface area contributed by atoms with E-state index >= 15 is 0 Å². The molecular weight excluding hydrogens is 340 g/mol. The van der Waals surface area contributed by atoms with Gasteiger partial charge in [0.25, 0.3) is 5.91 Å². The number of rotatable bonds is 5. The summed E-state index contributed by atoms with van der Waals surface area (Å²) in [6.07, 6.45) is 9.51. The third-order valence-corrected chi connectivity index (χ3v) is 5.71. The van der Waals surface area contributed by atoms with Crippen molar-refractivity contribution in [3.8, 4) is 0 Å². The maximum atomic E-state index is 13.1. The van der Waals surface area contributed by atoms with Crippen molar-refractivity contribution < 1.29 is 4.79 Å². The van der Waals surface area contributed by atoms with Gasteiger partial charge in [-0.1, -0.05) is 19.1 Å². The molecule has 4 rings (SSSR count). The number of nitrogens with one attached hydrogen (secondary N) is 1. The maximum absolute atomic E-state index is 13.1. The minimum absolute atomic E-state index is 0.0955. The van der Waals surface area contributed by atoms with Crippen LogP contribution in [0.15, 0.2) is 6.20 Å². The lowest BCUT2D eigenvalue weighted by molar-refractivity contribution is 0.0652. The molecular formula is C20H30N6O. The third-order valence-electron chi connectivity index (χ3n) is 5.71. The van der Waals surface area contributed by atoms with Crippen molar-refractivity contribution in [2.75, 3.05) is 13.1 Å². The number of aromatic amines is 1. The van der Waals surface area contributed by atoms with E-state index in [4.69, 9.17) is 0 Å². The number of likely N-dealkylation sites (tertiary alicyclic amines) is 1. The van der Waals surface area contributed by atoms with E-state index in [9.17, 15) is 4.79 Å². The Bertz CT molecular complexity index is 792. The monoisotopic (exact) mass is 370 g/mol. The number of amides is 1. The maximum Gasteiger partial charge on any atom is 0.274 e. The van der Waals surface area contributed by atoms with Crippen molar-refractivity contribution in [1.29, 1.82) is 0 Å². The molecule has 1 atom stereocenters. The molecule has 2 aromatic rings. The number of fused-ring (bicyclic) bond motifs is 1. The van der Waals surface area contributed by atoms with Gasteiger partial charge in [0.15, 0.2) is 5.69 Å². The lowest BCUT2D eigenvalue weighted by Crippen LogP contribution is -2.41. The van der Waals surface area contributed by atoms with E-state index < -0.39 is 0 Å². The van der Waals surface area contributed by atoms with Crippen LogP contribution in [0.25, 0.3) is 0 Å². The van der Waals surface area contributed by atoms with Crippen LogP contribution in [-0.2, 0) is 25.8 Å². The number of hydrogen-bond donors (Lipinski definition) is 1. The van der Waals surface area contributed by atoms with Gasteiger partial charge in [-0.2, -0.15) is 5.10 Å². The first kappa shape index (κ1) is 18.2. The standard InChI is InChI=1S/C20H30N6O/c1-14(2)10-16-13-26(24-21-16)12-15-6-5-9-25(11-15)20(27)19-17-7-3-4-8-18(17)22-23-19/h13-15H,3-12H2,1-2H3,(H,22,23)/t15-/m1/s1. The van der Waals surface area contributed by atoms with E-state index in [2.05, 4.69) is 40.6 Å². The summed E-state index contributed by atoms with van der Waals surface area (Å²) in [6, 6.07) is 0. The molecule has 0 radical (unpaired) electrons. The summed E-state index contributed by atoms with van der Waals surface area (Å²) in [4.78, 5) is 15.1. The number of aromatic nitrogens is 5. The highest BCUT2D eigenvalue weighted by Crippen LogP contribution is 2.25. The Morgan fingerprint density at radius 2 is 2.15 bits per heavy atom. The summed E-state index contributed by atoms with van der Waals surface area (Å²) in [7, 11) is 0. The molecule has 2 aliphatic rings. The van der Waals surface area contributed by atoms with Gasteiger partial charge in [0.1, 0.15) is 0 Å². The lowest BCUT2D eigenvalue weighted by Gasteiger charge is -2.32.